The zero-order valence-corrected chi connectivity index (χ0v) is 17.4. The lowest BCUT2D eigenvalue weighted by molar-refractivity contribution is 0.546. The molecule has 0 unspecified atom stereocenters. The quantitative estimate of drug-likeness (QED) is 0.764. The van der Waals surface area contributed by atoms with Crippen molar-refractivity contribution in [1.29, 1.82) is 0 Å². The first-order chi connectivity index (χ1) is 11.9. The third-order valence-corrected chi connectivity index (χ3v) is 5.85. The summed E-state index contributed by atoms with van der Waals surface area (Å²) in [6, 6.07) is 0.394. The number of rotatable bonds is 6. The minimum atomic E-state index is 0.394. The van der Waals surface area contributed by atoms with Crippen LogP contribution in [0.4, 0.5) is 10.3 Å². The third kappa shape index (κ3) is 4.67. The molecule has 3 heterocycles. The molecule has 8 heteroatoms. The molecule has 0 amide bonds. The van der Waals surface area contributed by atoms with Gasteiger partial charge in [-0.1, -0.05) is 27.7 Å². The second-order valence-electron chi connectivity index (χ2n) is 7.67. The normalized spacial score (nSPS) is 18.6. The molecule has 1 atom stereocenters. The highest BCUT2D eigenvalue weighted by molar-refractivity contribution is 7.10. The standard InChI is InChI=1S/C17H28N6S2/c1-11(2)8-14-18-16(24-20-14)22-6-7-23(13(5)10-22)17-19-15(21-25-17)9-12(3)4/h11-13H,6-10H2,1-5H3/t13-/m1/s1. The molecule has 2 aromatic heterocycles. The van der Waals surface area contributed by atoms with Crippen LogP contribution in [-0.2, 0) is 12.8 Å². The van der Waals surface area contributed by atoms with Crippen LogP contribution in [0.2, 0.25) is 0 Å². The van der Waals surface area contributed by atoms with E-state index in [9.17, 15) is 0 Å². The molecule has 138 valence electrons. The van der Waals surface area contributed by atoms with E-state index in [1.165, 1.54) is 23.1 Å². The van der Waals surface area contributed by atoms with Crippen LogP contribution < -0.4 is 9.80 Å². The average molecular weight is 381 g/mol. The molecule has 2 aromatic rings. The van der Waals surface area contributed by atoms with E-state index in [-0.39, 0.29) is 0 Å². The van der Waals surface area contributed by atoms with E-state index < -0.39 is 0 Å². The molecule has 1 aliphatic rings. The molecule has 0 saturated carbocycles. The van der Waals surface area contributed by atoms with Gasteiger partial charge in [0, 0.05) is 61.6 Å². The topological polar surface area (TPSA) is 58.0 Å². The van der Waals surface area contributed by atoms with E-state index in [0.29, 0.717) is 17.9 Å². The zero-order chi connectivity index (χ0) is 18.0. The Balaban J connectivity index is 1.62. The number of hydrogen-bond donors (Lipinski definition) is 0. The van der Waals surface area contributed by atoms with Gasteiger partial charge in [-0.25, -0.2) is 9.97 Å². The van der Waals surface area contributed by atoms with Gasteiger partial charge in [-0.05, 0) is 18.8 Å². The fourth-order valence-electron chi connectivity index (χ4n) is 3.05. The lowest BCUT2D eigenvalue weighted by Crippen LogP contribution is -2.52. The molecular weight excluding hydrogens is 352 g/mol. The Morgan fingerprint density at radius 1 is 0.920 bits per heavy atom. The summed E-state index contributed by atoms with van der Waals surface area (Å²) in [5.74, 6) is 3.14. The first-order valence-electron chi connectivity index (χ1n) is 9.09. The first-order valence-corrected chi connectivity index (χ1v) is 10.6. The van der Waals surface area contributed by atoms with E-state index in [1.807, 2.05) is 0 Å². The minimum Gasteiger partial charge on any atom is -0.343 e. The van der Waals surface area contributed by atoms with Gasteiger partial charge >= 0.3 is 0 Å². The summed E-state index contributed by atoms with van der Waals surface area (Å²) in [7, 11) is 0. The average Bonchev–Trinajstić information content (AvgIpc) is 3.15. The summed E-state index contributed by atoms with van der Waals surface area (Å²) in [6.45, 7) is 13.9. The lowest BCUT2D eigenvalue weighted by atomic mass is 10.1. The Bertz CT molecular complexity index is 680. The van der Waals surface area contributed by atoms with Crippen molar-refractivity contribution in [3.05, 3.63) is 11.6 Å². The number of nitrogens with zero attached hydrogens (tertiary/aromatic N) is 6. The van der Waals surface area contributed by atoms with Crippen LogP contribution in [0.25, 0.3) is 0 Å². The second kappa shape index (κ2) is 7.95. The monoisotopic (exact) mass is 380 g/mol. The number of anilines is 2. The van der Waals surface area contributed by atoms with E-state index in [4.69, 9.17) is 9.97 Å². The van der Waals surface area contributed by atoms with Crippen LogP contribution >= 0.6 is 23.1 Å². The fourth-order valence-corrected chi connectivity index (χ4v) is 4.60. The summed E-state index contributed by atoms with van der Waals surface area (Å²) < 4.78 is 9.05. The minimum absolute atomic E-state index is 0.394. The van der Waals surface area contributed by atoms with Gasteiger partial charge in [0.05, 0.1) is 0 Å². The Morgan fingerprint density at radius 2 is 1.48 bits per heavy atom. The van der Waals surface area contributed by atoms with Gasteiger partial charge in [-0.2, -0.15) is 8.75 Å². The maximum absolute atomic E-state index is 4.75. The van der Waals surface area contributed by atoms with E-state index in [2.05, 4.69) is 53.2 Å². The Kier molecular flexibility index (Phi) is 5.89. The number of piperazine rings is 1. The fraction of sp³-hybridized carbons (Fsp3) is 0.765. The molecule has 1 saturated heterocycles. The third-order valence-electron chi connectivity index (χ3n) is 4.24. The zero-order valence-electron chi connectivity index (χ0n) is 15.8. The maximum Gasteiger partial charge on any atom is 0.205 e. The number of aromatic nitrogens is 4. The molecule has 0 N–H and O–H groups in total. The Morgan fingerprint density at radius 3 is 2.04 bits per heavy atom. The number of hydrogen-bond acceptors (Lipinski definition) is 8. The molecule has 0 aliphatic carbocycles. The van der Waals surface area contributed by atoms with Crippen molar-refractivity contribution < 1.29 is 0 Å². The highest BCUT2D eigenvalue weighted by Gasteiger charge is 2.28. The van der Waals surface area contributed by atoms with Crippen molar-refractivity contribution >= 4 is 33.3 Å². The first kappa shape index (κ1) is 18.5. The van der Waals surface area contributed by atoms with Gasteiger partial charge < -0.3 is 9.80 Å². The summed E-state index contributed by atoms with van der Waals surface area (Å²) in [5.41, 5.74) is 0. The summed E-state index contributed by atoms with van der Waals surface area (Å²) >= 11 is 3.06. The van der Waals surface area contributed by atoms with Crippen molar-refractivity contribution in [2.24, 2.45) is 11.8 Å². The van der Waals surface area contributed by atoms with Crippen molar-refractivity contribution in [3.63, 3.8) is 0 Å². The highest BCUT2D eigenvalue weighted by Crippen LogP contribution is 2.27. The molecule has 0 bridgehead atoms. The predicted octanol–water partition coefficient (Wildman–Crippen LogP) is 3.50. The smallest absolute Gasteiger partial charge is 0.205 e. The van der Waals surface area contributed by atoms with Gasteiger partial charge in [0.15, 0.2) is 0 Å². The molecular formula is C17H28N6S2. The van der Waals surface area contributed by atoms with Crippen molar-refractivity contribution in [2.75, 3.05) is 29.4 Å². The molecule has 6 nitrogen and oxygen atoms in total. The molecule has 0 spiro atoms. The SMILES string of the molecule is CC(C)Cc1nsc(N2CCN(c3nc(CC(C)C)ns3)[C@H](C)C2)n1. The molecule has 0 radical (unpaired) electrons. The van der Waals surface area contributed by atoms with Crippen LogP contribution in [0.5, 0.6) is 0 Å². The molecule has 3 rings (SSSR count). The summed E-state index contributed by atoms with van der Waals surface area (Å²) in [5, 5.41) is 2.11. The molecule has 1 aliphatic heterocycles. The van der Waals surface area contributed by atoms with E-state index in [1.54, 1.807) is 0 Å². The van der Waals surface area contributed by atoms with Gasteiger partial charge in [-0.3, -0.25) is 0 Å². The summed E-state index contributed by atoms with van der Waals surface area (Å²) in [4.78, 5) is 14.2. The van der Waals surface area contributed by atoms with Crippen LogP contribution in [-0.4, -0.2) is 44.4 Å². The summed E-state index contributed by atoms with van der Waals surface area (Å²) in [6.07, 6.45) is 1.91. The van der Waals surface area contributed by atoms with Crippen molar-refractivity contribution in [3.8, 4) is 0 Å². The van der Waals surface area contributed by atoms with E-state index in [0.717, 1.165) is 54.4 Å². The van der Waals surface area contributed by atoms with E-state index >= 15 is 0 Å². The highest BCUT2D eigenvalue weighted by atomic mass is 32.1. The van der Waals surface area contributed by atoms with Crippen molar-refractivity contribution in [1.82, 2.24) is 18.7 Å². The molecule has 25 heavy (non-hydrogen) atoms. The predicted molar refractivity (Wildman–Crippen MR) is 106 cm³/mol. The largest absolute Gasteiger partial charge is 0.343 e. The second-order valence-corrected chi connectivity index (χ2v) is 9.13. The van der Waals surface area contributed by atoms with Crippen LogP contribution in [0.15, 0.2) is 0 Å². The Hall–Kier alpha value is -1.28. The lowest BCUT2D eigenvalue weighted by Gasteiger charge is -2.39. The van der Waals surface area contributed by atoms with Crippen LogP contribution in [0.3, 0.4) is 0 Å². The molecule has 1 fully saturated rings. The Labute approximate surface area is 158 Å². The van der Waals surface area contributed by atoms with Gasteiger partial charge in [0.1, 0.15) is 11.6 Å². The van der Waals surface area contributed by atoms with Crippen LogP contribution in [0, 0.1) is 11.8 Å². The van der Waals surface area contributed by atoms with Crippen LogP contribution in [0.1, 0.15) is 46.3 Å². The molecule has 0 aromatic carbocycles. The maximum atomic E-state index is 4.75. The van der Waals surface area contributed by atoms with Gasteiger partial charge in [0.2, 0.25) is 10.3 Å². The van der Waals surface area contributed by atoms with Gasteiger partial charge in [0.25, 0.3) is 0 Å². The van der Waals surface area contributed by atoms with Crippen molar-refractivity contribution in [2.45, 2.75) is 53.5 Å². The van der Waals surface area contributed by atoms with Gasteiger partial charge in [-0.15, -0.1) is 0 Å².